The molecule has 5 heterocycles. The smallest absolute Gasteiger partial charge is 0.352 e. The van der Waals surface area contributed by atoms with Crippen LogP contribution in [0.4, 0.5) is 5.13 Å². The van der Waals surface area contributed by atoms with Crippen LogP contribution >= 0.6 is 34.9 Å². The predicted molar refractivity (Wildman–Crippen MR) is 139 cm³/mol. The quantitative estimate of drug-likeness (QED) is 0.116. The van der Waals surface area contributed by atoms with Crippen molar-refractivity contribution in [3.63, 3.8) is 0 Å². The fourth-order valence-corrected chi connectivity index (χ4v) is 6.94. The Bertz CT molecular complexity index is 1390. The summed E-state index contributed by atoms with van der Waals surface area (Å²) in [6.07, 6.45) is 0.248. The van der Waals surface area contributed by atoms with Gasteiger partial charge in [0, 0.05) is 30.5 Å². The van der Waals surface area contributed by atoms with Gasteiger partial charge in [-0.05, 0) is 28.8 Å². The maximum Gasteiger partial charge on any atom is 0.352 e. The Morgan fingerprint density at radius 1 is 1.41 bits per heavy atom. The van der Waals surface area contributed by atoms with E-state index in [9.17, 15) is 24.3 Å². The maximum absolute atomic E-state index is 13.2. The van der Waals surface area contributed by atoms with Gasteiger partial charge in [-0.25, -0.2) is 14.5 Å². The Balaban J connectivity index is 1.31. The zero-order chi connectivity index (χ0) is 27.7. The minimum Gasteiger partial charge on any atom is -0.477 e. The van der Waals surface area contributed by atoms with Crippen molar-refractivity contribution in [3.8, 4) is 0 Å². The van der Waals surface area contributed by atoms with Crippen LogP contribution in [0.25, 0.3) is 0 Å². The molecule has 5 rings (SSSR count). The van der Waals surface area contributed by atoms with Crippen molar-refractivity contribution in [1.29, 1.82) is 0 Å². The molecule has 2 aromatic rings. The van der Waals surface area contributed by atoms with Crippen LogP contribution in [-0.4, -0.2) is 100 Å². The van der Waals surface area contributed by atoms with Crippen LogP contribution in [0.2, 0.25) is 0 Å². The van der Waals surface area contributed by atoms with Gasteiger partial charge in [-0.3, -0.25) is 19.3 Å². The summed E-state index contributed by atoms with van der Waals surface area (Å²) < 4.78 is 1.46. The van der Waals surface area contributed by atoms with Crippen LogP contribution in [0, 0.1) is 0 Å². The molecule has 3 aliphatic heterocycles. The molecule has 16 nitrogen and oxygen atoms in total. The molecule has 2 fully saturated rings. The van der Waals surface area contributed by atoms with Gasteiger partial charge in [-0.2, -0.15) is 0 Å². The number of β-lactam (4-membered cyclic amide) rings is 1. The number of thioether (sulfide) groups is 2. The molecule has 3 amide bonds. The van der Waals surface area contributed by atoms with E-state index in [0.29, 0.717) is 35.9 Å². The second-order valence-corrected chi connectivity index (χ2v) is 11.5. The van der Waals surface area contributed by atoms with Gasteiger partial charge in [-0.15, -0.1) is 28.2 Å². The van der Waals surface area contributed by atoms with Gasteiger partial charge in [-0.1, -0.05) is 16.9 Å². The first-order valence-electron chi connectivity index (χ1n) is 11.5. The van der Waals surface area contributed by atoms with Gasteiger partial charge < -0.3 is 26.3 Å². The number of carboxylic acid groups (broad SMARTS) is 1. The summed E-state index contributed by atoms with van der Waals surface area (Å²) in [4.78, 5) is 61.1. The minimum atomic E-state index is -1.25. The van der Waals surface area contributed by atoms with Crippen molar-refractivity contribution < 1.29 is 29.1 Å². The molecule has 5 N–H and O–H groups in total. The number of fused-ring (bicyclic) bond motifs is 1. The highest BCUT2D eigenvalue weighted by atomic mass is 32.2. The van der Waals surface area contributed by atoms with E-state index >= 15 is 0 Å². The number of thiazole rings is 1. The zero-order valence-electron chi connectivity index (χ0n) is 20.3. The highest BCUT2D eigenvalue weighted by Gasteiger charge is 2.54. The Hall–Kier alpha value is -3.71. The van der Waals surface area contributed by atoms with Crippen LogP contribution < -0.4 is 16.4 Å². The highest BCUT2D eigenvalue weighted by molar-refractivity contribution is 8.01. The molecule has 0 aromatic carbocycles. The number of carboxylic acids is 1. The standard InChI is InChI=1S/C20H22N10O6S3/c1-29-20(25-27-28-29)39-6-8-5-37-17-12(16(33)30(17)13(8)18(34)35)24-15(32)11(9-7-38-19(21)23-9)26-36-10-3-2-4-22-14(10)31/h7,10,12,17H,2-6H2,1H3,(H2,21,23)(H,22,31)(H,24,32)(H,34,35)/t10?,12-,17+/m1/s1. The number of tetrazole rings is 1. The lowest BCUT2D eigenvalue weighted by Crippen LogP contribution is -2.71. The van der Waals surface area contributed by atoms with E-state index in [2.05, 4.69) is 36.3 Å². The van der Waals surface area contributed by atoms with Gasteiger partial charge in [0.15, 0.2) is 10.8 Å². The fraction of sp³-hybridized carbons (Fsp3) is 0.450. The average Bonchev–Trinajstić information content (AvgIpc) is 3.53. The van der Waals surface area contributed by atoms with Crippen molar-refractivity contribution in [2.45, 2.75) is 35.5 Å². The Labute approximate surface area is 232 Å². The normalized spacial score (nSPS) is 23.2. The van der Waals surface area contributed by atoms with Crippen LogP contribution in [0.15, 0.2) is 27.0 Å². The highest BCUT2D eigenvalue weighted by Crippen LogP contribution is 2.41. The van der Waals surface area contributed by atoms with Gasteiger partial charge >= 0.3 is 5.97 Å². The molecule has 3 atom stereocenters. The van der Waals surface area contributed by atoms with Gasteiger partial charge in [0.1, 0.15) is 22.8 Å². The number of nitrogens with one attached hydrogen (secondary N) is 2. The zero-order valence-corrected chi connectivity index (χ0v) is 22.7. The van der Waals surface area contributed by atoms with Crippen LogP contribution in [0.3, 0.4) is 0 Å². The summed E-state index contributed by atoms with van der Waals surface area (Å²) in [5.41, 5.74) is 6.01. The molecule has 1 unspecified atom stereocenters. The molecule has 39 heavy (non-hydrogen) atoms. The monoisotopic (exact) mass is 594 g/mol. The van der Waals surface area contributed by atoms with E-state index in [1.54, 1.807) is 7.05 Å². The van der Waals surface area contributed by atoms with Crippen LogP contribution in [-0.2, 0) is 31.1 Å². The van der Waals surface area contributed by atoms with E-state index in [1.807, 2.05) is 0 Å². The predicted octanol–water partition coefficient (Wildman–Crippen LogP) is -1.22. The lowest BCUT2D eigenvalue weighted by atomic mass is 10.0. The maximum atomic E-state index is 13.2. The number of aryl methyl sites for hydroxylation is 1. The summed E-state index contributed by atoms with van der Waals surface area (Å²) in [6, 6.07) is -1.01. The van der Waals surface area contributed by atoms with E-state index in [4.69, 9.17) is 10.6 Å². The van der Waals surface area contributed by atoms with E-state index in [1.165, 1.54) is 38.5 Å². The molecule has 2 aromatic heterocycles. The Kier molecular flexibility index (Phi) is 7.71. The molecule has 0 bridgehead atoms. The Morgan fingerprint density at radius 3 is 2.90 bits per heavy atom. The Morgan fingerprint density at radius 2 is 2.23 bits per heavy atom. The molecular formula is C20H22N10O6S3. The number of aliphatic carboxylic acids is 1. The topological polar surface area (TPSA) is 220 Å². The molecule has 206 valence electrons. The number of anilines is 1. The summed E-state index contributed by atoms with van der Waals surface area (Å²) >= 11 is 3.66. The molecule has 0 aliphatic carbocycles. The van der Waals surface area contributed by atoms with Gasteiger partial charge in [0.25, 0.3) is 17.7 Å². The van der Waals surface area contributed by atoms with Crippen molar-refractivity contribution in [2.24, 2.45) is 12.2 Å². The minimum absolute atomic E-state index is 0.120. The van der Waals surface area contributed by atoms with Crippen LogP contribution in [0.1, 0.15) is 18.5 Å². The molecule has 2 saturated heterocycles. The fourth-order valence-electron chi connectivity index (χ4n) is 4.06. The molecule has 0 radical (unpaired) electrons. The number of aromatic nitrogens is 5. The van der Waals surface area contributed by atoms with Crippen LogP contribution in [0.5, 0.6) is 0 Å². The number of oxime groups is 1. The van der Waals surface area contributed by atoms with Crippen molar-refractivity contribution in [3.05, 3.63) is 22.3 Å². The summed E-state index contributed by atoms with van der Waals surface area (Å²) in [7, 11) is 1.67. The summed E-state index contributed by atoms with van der Waals surface area (Å²) in [5, 5.41) is 31.8. The van der Waals surface area contributed by atoms with E-state index < -0.39 is 35.3 Å². The largest absolute Gasteiger partial charge is 0.477 e. The lowest BCUT2D eigenvalue weighted by Gasteiger charge is -2.49. The molecule has 3 aliphatic rings. The first-order valence-corrected chi connectivity index (χ1v) is 14.4. The van der Waals surface area contributed by atoms with Crippen molar-refractivity contribution >= 4 is 69.4 Å². The first kappa shape index (κ1) is 26.9. The number of nitrogens with zero attached hydrogens (tertiary/aromatic N) is 7. The third kappa shape index (κ3) is 5.41. The number of piperidine rings is 1. The molecule has 19 heteroatoms. The lowest BCUT2D eigenvalue weighted by molar-refractivity contribution is -0.150. The third-order valence-corrected chi connectivity index (χ3v) is 9.09. The van der Waals surface area contributed by atoms with Crippen molar-refractivity contribution in [1.82, 2.24) is 40.7 Å². The summed E-state index contributed by atoms with van der Waals surface area (Å²) in [6.45, 7) is 0.530. The van der Waals surface area contributed by atoms with Crippen molar-refractivity contribution in [2.75, 3.05) is 23.8 Å². The number of nitrogen functional groups attached to an aromatic ring is 1. The number of nitrogens with two attached hydrogens (primary N) is 1. The number of hydrogen-bond donors (Lipinski definition) is 4. The number of carbonyl (C=O) groups excluding carboxylic acids is 3. The molecule has 0 saturated carbocycles. The number of carbonyl (C=O) groups is 4. The second kappa shape index (κ2) is 11.2. The summed E-state index contributed by atoms with van der Waals surface area (Å²) in [5.74, 6) is -2.35. The first-order chi connectivity index (χ1) is 18.7. The van der Waals surface area contributed by atoms with Gasteiger partial charge in [0.2, 0.25) is 11.3 Å². The number of hydrogen-bond acceptors (Lipinski definition) is 14. The van der Waals surface area contributed by atoms with E-state index in [0.717, 1.165) is 11.3 Å². The SMILES string of the molecule is Cn1nnnc1SCC1=C(C(=O)O)N2C(=O)[C@@H](NC(=O)C(=NOC3CCCNC3=O)c3csc(N)n3)[C@@H]2SC1. The average molecular weight is 595 g/mol. The second-order valence-electron chi connectivity index (χ2n) is 8.53. The molecule has 0 spiro atoms. The third-order valence-electron chi connectivity index (χ3n) is 5.98. The van der Waals surface area contributed by atoms with Gasteiger partial charge in [0.05, 0.1) is 0 Å². The molecular weight excluding hydrogens is 572 g/mol. The number of rotatable bonds is 9. The van der Waals surface area contributed by atoms with E-state index in [-0.39, 0.29) is 33.9 Å². The number of amides is 3.